The van der Waals surface area contributed by atoms with Crippen molar-refractivity contribution in [2.24, 2.45) is 40.4 Å². The molecule has 150 valence electrons. The summed E-state index contributed by atoms with van der Waals surface area (Å²) < 4.78 is 5.57. The third-order valence-electron chi connectivity index (χ3n) is 9.09. The summed E-state index contributed by atoms with van der Waals surface area (Å²) in [6, 6.07) is 0. The van der Waals surface area contributed by atoms with Crippen molar-refractivity contribution in [3.8, 4) is 0 Å². The Morgan fingerprint density at radius 1 is 1.11 bits per heavy atom. The highest BCUT2D eigenvalue weighted by atomic mass is 16.5. The number of carbonyl (C=O) groups excluding carboxylic acids is 2. The zero-order valence-corrected chi connectivity index (χ0v) is 17.7. The Bertz CT molecular complexity index is 679. The van der Waals surface area contributed by atoms with Crippen LogP contribution in [0.5, 0.6) is 0 Å². The second-order valence-electron chi connectivity index (χ2n) is 10.6. The first-order chi connectivity index (χ1) is 12.7. The van der Waals surface area contributed by atoms with Crippen LogP contribution in [0.4, 0.5) is 0 Å². The summed E-state index contributed by atoms with van der Waals surface area (Å²) in [5.41, 5.74) is 2.11. The molecule has 0 aromatic carbocycles. The van der Waals surface area contributed by atoms with Gasteiger partial charge in [-0.25, -0.2) is 0 Å². The maximum Gasteiger partial charge on any atom is 0.302 e. The van der Waals surface area contributed by atoms with Crippen LogP contribution in [0.3, 0.4) is 0 Å². The molecular formula is C24H36O3. The summed E-state index contributed by atoms with van der Waals surface area (Å²) in [6.45, 7) is 10.5. The number of hydrogen-bond acceptors (Lipinski definition) is 3. The van der Waals surface area contributed by atoms with Gasteiger partial charge in [-0.3, -0.25) is 9.59 Å². The van der Waals surface area contributed by atoms with E-state index in [2.05, 4.69) is 26.8 Å². The molecule has 0 aromatic heterocycles. The molecule has 3 heteroatoms. The van der Waals surface area contributed by atoms with E-state index in [9.17, 15) is 9.59 Å². The molecule has 0 spiro atoms. The number of ketones is 1. The van der Waals surface area contributed by atoms with Crippen molar-refractivity contribution in [3.05, 3.63) is 11.6 Å². The first-order valence-electron chi connectivity index (χ1n) is 11.0. The van der Waals surface area contributed by atoms with Gasteiger partial charge in [0.2, 0.25) is 0 Å². The minimum atomic E-state index is -0.139. The van der Waals surface area contributed by atoms with E-state index in [-0.39, 0.29) is 28.8 Å². The lowest BCUT2D eigenvalue weighted by molar-refractivity contribution is -0.151. The number of fused-ring (bicyclic) bond motifs is 5. The second kappa shape index (κ2) is 6.46. The molecule has 0 heterocycles. The second-order valence-corrected chi connectivity index (χ2v) is 10.6. The normalized spacial score (nSPS) is 48.7. The van der Waals surface area contributed by atoms with Gasteiger partial charge in [0.15, 0.2) is 0 Å². The monoisotopic (exact) mass is 372 g/mol. The van der Waals surface area contributed by atoms with Crippen LogP contribution in [0, 0.1) is 40.4 Å². The molecule has 8 unspecified atom stereocenters. The molecule has 0 N–H and O–H groups in total. The van der Waals surface area contributed by atoms with E-state index < -0.39 is 0 Å². The minimum absolute atomic E-state index is 0.111. The lowest BCUT2D eigenvalue weighted by atomic mass is 9.48. The minimum Gasteiger partial charge on any atom is -0.463 e. The first kappa shape index (κ1) is 19.2. The fourth-order valence-corrected chi connectivity index (χ4v) is 8.06. The van der Waals surface area contributed by atoms with Crippen LogP contribution in [0.2, 0.25) is 0 Å². The summed E-state index contributed by atoms with van der Waals surface area (Å²) in [7, 11) is 0. The van der Waals surface area contributed by atoms with Gasteiger partial charge >= 0.3 is 5.97 Å². The van der Waals surface area contributed by atoms with Crippen LogP contribution in [-0.4, -0.2) is 17.9 Å². The van der Waals surface area contributed by atoms with Gasteiger partial charge < -0.3 is 4.74 Å². The topological polar surface area (TPSA) is 43.4 Å². The van der Waals surface area contributed by atoms with Gasteiger partial charge in [0.25, 0.3) is 0 Å². The Hall–Kier alpha value is -1.12. The highest BCUT2D eigenvalue weighted by molar-refractivity contribution is 5.80. The number of rotatable bonds is 2. The molecule has 0 saturated heterocycles. The average Bonchev–Trinajstić information content (AvgIpc) is 2.85. The van der Waals surface area contributed by atoms with E-state index >= 15 is 0 Å². The number of ether oxygens (including phenoxy) is 1. The molecular weight excluding hydrogens is 336 g/mol. The van der Waals surface area contributed by atoms with E-state index in [4.69, 9.17) is 4.74 Å². The largest absolute Gasteiger partial charge is 0.463 e. The standard InChI is InChI=1S/C24H36O3/c1-14-12-21-19-7-6-17-13-18(27-16(3)26)8-10-23(17,4)20(19)9-11-24(21,5)22(14)15(2)25/h9,14,17-19,21-22H,6-8,10-13H2,1-5H3. The summed E-state index contributed by atoms with van der Waals surface area (Å²) in [6.07, 6.45) is 10.6. The van der Waals surface area contributed by atoms with Gasteiger partial charge in [-0.05, 0) is 86.4 Å². The third kappa shape index (κ3) is 2.83. The highest BCUT2D eigenvalue weighted by Gasteiger charge is 2.59. The predicted octanol–water partition coefficient (Wildman–Crippen LogP) is 5.33. The molecule has 8 atom stereocenters. The fraction of sp³-hybridized carbons (Fsp3) is 0.833. The highest BCUT2D eigenvalue weighted by Crippen LogP contribution is 2.66. The molecule has 0 aliphatic heterocycles. The maximum absolute atomic E-state index is 12.4. The molecule has 4 aliphatic rings. The molecule has 4 aliphatic carbocycles. The Morgan fingerprint density at radius 3 is 2.52 bits per heavy atom. The smallest absolute Gasteiger partial charge is 0.302 e. The lowest BCUT2D eigenvalue weighted by Gasteiger charge is -2.56. The maximum atomic E-state index is 12.4. The zero-order valence-electron chi connectivity index (χ0n) is 17.7. The molecule has 0 bridgehead atoms. The van der Waals surface area contributed by atoms with E-state index in [1.807, 2.05) is 6.92 Å². The van der Waals surface area contributed by atoms with Gasteiger partial charge in [-0.2, -0.15) is 0 Å². The van der Waals surface area contributed by atoms with Crippen LogP contribution >= 0.6 is 0 Å². The molecule has 4 rings (SSSR count). The van der Waals surface area contributed by atoms with Crippen molar-refractivity contribution >= 4 is 11.8 Å². The van der Waals surface area contributed by atoms with Crippen LogP contribution in [0.25, 0.3) is 0 Å². The Labute approximate surface area is 164 Å². The molecule has 0 amide bonds. The van der Waals surface area contributed by atoms with E-state index in [1.54, 1.807) is 5.57 Å². The molecule has 0 radical (unpaired) electrons. The SMILES string of the molecule is CC(=O)OC1CCC2(C)C3=CCC4(C)C(CC(C)C4C(C)=O)C3CCC2C1. The van der Waals surface area contributed by atoms with Gasteiger partial charge in [0, 0.05) is 12.8 Å². The van der Waals surface area contributed by atoms with E-state index in [0.717, 1.165) is 25.7 Å². The zero-order chi connectivity index (χ0) is 19.6. The van der Waals surface area contributed by atoms with E-state index in [0.29, 0.717) is 29.5 Å². The summed E-state index contributed by atoms with van der Waals surface area (Å²) in [4.78, 5) is 23.8. The van der Waals surface area contributed by atoms with Crippen molar-refractivity contribution in [3.63, 3.8) is 0 Å². The third-order valence-corrected chi connectivity index (χ3v) is 9.09. The summed E-state index contributed by atoms with van der Waals surface area (Å²) in [5.74, 6) is 2.93. The average molecular weight is 373 g/mol. The van der Waals surface area contributed by atoms with Crippen LogP contribution in [0.1, 0.15) is 79.6 Å². The van der Waals surface area contributed by atoms with Crippen LogP contribution in [-0.2, 0) is 14.3 Å². The number of Topliss-reactive ketones (excluding diaryl/α,β-unsaturated/α-hetero) is 1. The molecule has 3 saturated carbocycles. The van der Waals surface area contributed by atoms with Crippen molar-refractivity contribution in [2.75, 3.05) is 0 Å². The number of allylic oxidation sites excluding steroid dienone is 2. The van der Waals surface area contributed by atoms with Crippen molar-refractivity contribution < 1.29 is 14.3 Å². The first-order valence-corrected chi connectivity index (χ1v) is 11.0. The van der Waals surface area contributed by atoms with Crippen LogP contribution < -0.4 is 0 Å². The van der Waals surface area contributed by atoms with Gasteiger partial charge in [0.05, 0.1) is 0 Å². The Morgan fingerprint density at radius 2 is 1.85 bits per heavy atom. The van der Waals surface area contributed by atoms with Crippen molar-refractivity contribution in [2.45, 2.75) is 85.7 Å². The number of carbonyl (C=O) groups is 2. The van der Waals surface area contributed by atoms with Gasteiger partial charge in [-0.1, -0.05) is 32.4 Å². The van der Waals surface area contributed by atoms with Gasteiger partial charge in [0.1, 0.15) is 11.9 Å². The summed E-state index contributed by atoms with van der Waals surface area (Å²) >= 11 is 0. The van der Waals surface area contributed by atoms with Gasteiger partial charge in [-0.15, -0.1) is 0 Å². The predicted molar refractivity (Wildman–Crippen MR) is 106 cm³/mol. The fourth-order valence-electron chi connectivity index (χ4n) is 8.06. The van der Waals surface area contributed by atoms with Crippen molar-refractivity contribution in [1.29, 1.82) is 0 Å². The molecule has 3 fully saturated rings. The number of hydrogen-bond donors (Lipinski definition) is 0. The van der Waals surface area contributed by atoms with E-state index in [1.165, 1.54) is 26.2 Å². The van der Waals surface area contributed by atoms with Crippen molar-refractivity contribution in [1.82, 2.24) is 0 Å². The summed E-state index contributed by atoms with van der Waals surface area (Å²) in [5, 5.41) is 0. The van der Waals surface area contributed by atoms with Crippen LogP contribution in [0.15, 0.2) is 11.6 Å². The lowest BCUT2D eigenvalue weighted by Crippen LogP contribution is -2.49. The molecule has 3 nitrogen and oxygen atoms in total. The Balaban J connectivity index is 1.61. The quantitative estimate of drug-likeness (QED) is 0.486. The molecule has 0 aromatic rings. The Kier molecular flexibility index (Phi) is 4.59. The number of esters is 1. The molecule has 27 heavy (non-hydrogen) atoms.